The summed E-state index contributed by atoms with van der Waals surface area (Å²) in [4.78, 5) is 3.96. The van der Waals surface area contributed by atoms with Crippen molar-refractivity contribution in [2.24, 2.45) is 4.99 Å². The second-order valence-electron chi connectivity index (χ2n) is 4.50. The average molecular weight is 449 g/mol. The third-order valence-corrected chi connectivity index (χ3v) is 2.60. The van der Waals surface area contributed by atoms with Gasteiger partial charge in [0.2, 0.25) is 0 Å². The van der Waals surface area contributed by atoms with E-state index in [2.05, 4.69) is 20.4 Å². The number of aliphatic imine (C=N–C) groups is 1. The van der Waals surface area contributed by atoms with Gasteiger partial charge in [-0.05, 0) is 24.1 Å². The van der Waals surface area contributed by atoms with Gasteiger partial charge >= 0.3 is 6.18 Å². The molecule has 0 unspecified atom stereocenters. The number of benzene rings is 1. The van der Waals surface area contributed by atoms with E-state index in [9.17, 15) is 17.6 Å². The maximum atomic E-state index is 13.0. The van der Waals surface area contributed by atoms with Crippen molar-refractivity contribution >= 4 is 29.9 Å². The Morgan fingerprint density at radius 1 is 1.26 bits per heavy atom. The van der Waals surface area contributed by atoms with Crippen LogP contribution in [-0.4, -0.2) is 38.9 Å². The van der Waals surface area contributed by atoms with Crippen molar-refractivity contribution in [2.45, 2.75) is 19.1 Å². The molecule has 0 aliphatic rings. The van der Waals surface area contributed by atoms with Gasteiger partial charge in [0.1, 0.15) is 12.4 Å². The number of hydrogen-bond donors (Lipinski definition) is 2. The molecule has 132 valence electrons. The number of ether oxygens (including phenoxy) is 1. The third kappa shape index (κ3) is 11.1. The summed E-state index contributed by atoms with van der Waals surface area (Å²) >= 11 is 0. The third-order valence-electron chi connectivity index (χ3n) is 2.60. The molecule has 1 rings (SSSR count). The van der Waals surface area contributed by atoms with Crippen molar-refractivity contribution in [3.05, 3.63) is 35.6 Å². The van der Waals surface area contributed by atoms with E-state index in [1.54, 1.807) is 19.2 Å². The van der Waals surface area contributed by atoms with Crippen molar-refractivity contribution in [3.63, 3.8) is 0 Å². The standard InChI is InChI=1S/C14H19F4N3O.HI/c1-19-13(20-6-3-7-22-10-14(16,17)18)21-9-11-4-2-5-12(15)8-11;/h2,4-5,8H,3,6-7,9-10H2,1H3,(H2,19,20,21);1H. The van der Waals surface area contributed by atoms with E-state index in [0.717, 1.165) is 5.56 Å². The highest BCUT2D eigenvalue weighted by Crippen LogP contribution is 2.14. The van der Waals surface area contributed by atoms with Crippen LogP contribution in [0.25, 0.3) is 0 Å². The van der Waals surface area contributed by atoms with E-state index in [0.29, 0.717) is 25.5 Å². The van der Waals surface area contributed by atoms with Crippen LogP contribution in [0.3, 0.4) is 0 Å². The molecule has 0 aliphatic carbocycles. The Hall–Kier alpha value is -1.10. The smallest absolute Gasteiger partial charge is 0.372 e. The predicted molar refractivity (Wildman–Crippen MR) is 91.5 cm³/mol. The molecule has 0 saturated heterocycles. The molecule has 2 N–H and O–H groups in total. The van der Waals surface area contributed by atoms with Crippen LogP contribution in [0.2, 0.25) is 0 Å². The number of halogens is 5. The van der Waals surface area contributed by atoms with Gasteiger partial charge in [0.25, 0.3) is 0 Å². The van der Waals surface area contributed by atoms with E-state index in [-0.39, 0.29) is 36.4 Å². The van der Waals surface area contributed by atoms with Crippen molar-refractivity contribution in [1.82, 2.24) is 10.6 Å². The predicted octanol–water partition coefficient (Wildman–Crippen LogP) is 3.08. The lowest BCUT2D eigenvalue weighted by molar-refractivity contribution is -0.173. The first-order valence-electron chi connectivity index (χ1n) is 6.74. The average Bonchev–Trinajstić information content (AvgIpc) is 2.44. The Morgan fingerprint density at radius 2 is 2.00 bits per heavy atom. The maximum Gasteiger partial charge on any atom is 0.411 e. The van der Waals surface area contributed by atoms with Crippen molar-refractivity contribution < 1.29 is 22.3 Å². The van der Waals surface area contributed by atoms with Gasteiger partial charge in [0.15, 0.2) is 5.96 Å². The molecule has 0 fully saturated rings. The highest BCUT2D eigenvalue weighted by Gasteiger charge is 2.27. The van der Waals surface area contributed by atoms with Crippen LogP contribution in [0.15, 0.2) is 29.3 Å². The fraction of sp³-hybridized carbons (Fsp3) is 0.500. The summed E-state index contributed by atoms with van der Waals surface area (Å²) in [5.74, 6) is 0.171. The minimum atomic E-state index is -4.30. The molecule has 0 heterocycles. The summed E-state index contributed by atoms with van der Waals surface area (Å²) in [6, 6.07) is 6.15. The Bertz CT molecular complexity index is 483. The van der Waals surface area contributed by atoms with Gasteiger partial charge in [-0.15, -0.1) is 24.0 Å². The Kier molecular flexibility index (Phi) is 10.9. The molecule has 0 aliphatic heterocycles. The van der Waals surface area contributed by atoms with Gasteiger partial charge in [-0.25, -0.2) is 4.39 Å². The molecule has 23 heavy (non-hydrogen) atoms. The lowest BCUT2D eigenvalue weighted by Gasteiger charge is -2.12. The summed E-state index contributed by atoms with van der Waals surface area (Å²) in [5, 5.41) is 5.92. The number of nitrogens with zero attached hydrogens (tertiary/aromatic N) is 1. The molecular formula is C14H20F4IN3O. The van der Waals surface area contributed by atoms with Crippen LogP contribution in [-0.2, 0) is 11.3 Å². The van der Waals surface area contributed by atoms with Gasteiger partial charge in [0, 0.05) is 26.7 Å². The van der Waals surface area contributed by atoms with Gasteiger partial charge in [-0.3, -0.25) is 4.99 Å². The first-order chi connectivity index (χ1) is 10.4. The lowest BCUT2D eigenvalue weighted by atomic mass is 10.2. The molecular weight excluding hydrogens is 429 g/mol. The zero-order valence-corrected chi connectivity index (χ0v) is 15.0. The van der Waals surface area contributed by atoms with Crippen LogP contribution in [0.4, 0.5) is 17.6 Å². The SMILES string of the molecule is CN=C(NCCCOCC(F)(F)F)NCc1cccc(F)c1.I. The van der Waals surface area contributed by atoms with Crippen molar-refractivity contribution in [3.8, 4) is 0 Å². The number of alkyl halides is 3. The quantitative estimate of drug-likeness (QED) is 0.221. The summed E-state index contributed by atoms with van der Waals surface area (Å²) in [6.07, 6.45) is -3.88. The summed E-state index contributed by atoms with van der Waals surface area (Å²) in [7, 11) is 1.57. The lowest BCUT2D eigenvalue weighted by Crippen LogP contribution is -2.37. The molecule has 1 aromatic carbocycles. The van der Waals surface area contributed by atoms with Crippen LogP contribution in [0.1, 0.15) is 12.0 Å². The molecule has 4 nitrogen and oxygen atoms in total. The summed E-state index contributed by atoms with van der Waals surface area (Å²) < 4.78 is 53.0. The first kappa shape index (κ1) is 21.9. The molecule has 1 aromatic rings. The van der Waals surface area contributed by atoms with E-state index >= 15 is 0 Å². The van der Waals surface area contributed by atoms with E-state index in [1.807, 2.05) is 0 Å². The van der Waals surface area contributed by atoms with Crippen LogP contribution in [0.5, 0.6) is 0 Å². The second kappa shape index (κ2) is 11.4. The molecule has 0 radical (unpaired) electrons. The minimum Gasteiger partial charge on any atom is -0.372 e. The highest BCUT2D eigenvalue weighted by molar-refractivity contribution is 14.0. The van der Waals surface area contributed by atoms with E-state index in [1.165, 1.54) is 12.1 Å². The van der Waals surface area contributed by atoms with Crippen LogP contribution < -0.4 is 10.6 Å². The zero-order valence-electron chi connectivity index (χ0n) is 12.6. The van der Waals surface area contributed by atoms with E-state index < -0.39 is 12.8 Å². The Morgan fingerprint density at radius 3 is 2.61 bits per heavy atom. The fourth-order valence-corrected chi connectivity index (χ4v) is 1.62. The fourth-order valence-electron chi connectivity index (χ4n) is 1.62. The van der Waals surface area contributed by atoms with Crippen molar-refractivity contribution in [2.75, 3.05) is 26.8 Å². The second-order valence-corrected chi connectivity index (χ2v) is 4.50. The Labute approximate surface area is 149 Å². The van der Waals surface area contributed by atoms with Gasteiger partial charge in [-0.2, -0.15) is 13.2 Å². The number of guanidine groups is 1. The summed E-state index contributed by atoms with van der Waals surface area (Å²) in [5.41, 5.74) is 0.761. The molecule has 0 aromatic heterocycles. The van der Waals surface area contributed by atoms with Gasteiger partial charge in [0.05, 0.1) is 0 Å². The topological polar surface area (TPSA) is 45.7 Å². The molecule has 0 amide bonds. The molecule has 0 atom stereocenters. The molecule has 9 heteroatoms. The van der Waals surface area contributed by atoms with Crippen molar-refractivity contribution in [1.29, 1.82) is 0 Å². The minimum absolute atomic E-state index is 0. The Balaban J connectivity index is 0.00000484. The number of hydrogen-bond acceptors (Lipinski definition) is 2. The largest absolute Gasteiger partial charge is 0.411 e. The molecule has 0 bridgehead atoms. The number of rotatable bonds is 7. The number of nitrogens with one attached hydrogen (secondary N) is 2. The van der Waals surface area contributed by atoms with Gasteiger partial charge < -0.3 is 15.4 Å². The zero-order chi connectivity index (χ0) is 16.4. The van der Waals surface area contributed by atoms with Crippen LogP contribution >= 0.6 is 24.0 Å². The molecule has 0 saturated carbocycles. The maximum absolute atomic E-state index is 13.0. The van der Waals surface area contributed by atoms with Gasteiger partial charge in [-0.1, -0.05) is 12.1 Å². The van der Waals surface area contributed by atoms with Crippen LogP contribution in [0, 0.1) is 5.82 Å². The first-order valence-corrected chi connectivity index (χ1v) is 6.74. The molecule has 0 spiro atoms. The normalized spacial score (nSPS) is 11.8. The van der Waals surface area contributed by atoms with E-state index in [4.69, 9.17) is 0 Å². The monoisotopic (exact) mass is 449 g/mol. The summed E-state index contributed by atoms with van der Waals surface area (Å²) in [6.45, 7) is -0.421. The highest BCUT2D eigenvalue weighted by atomic mass is 127.